The predicted molar refractivity (Wildman–Crippen MR) is 92.8 cm³/mol. The molecule has 0 saturated carbocycles. The first-order valence-corrected chi connectivity index (χ1v) is 7.90. The van der Waals surface area contributed by atoms with Gasteiger partial charge in [0.15, 0.2) is 0 Å². The molecule has 0 bridgehead atoms. The van der Waals surface area contributed by atoms with E-state index < -0.39 is 11.8 Å². The third kappa shape index (κ3) is 5.37. The van der Waals surface area contributed by atoms with E-state index in [1.807, 2.05) is 26.0 Å². The van der Waals surface area contributed by atoms with Crippen LogP contribution in [-0.2, 0) is 11.3 Å². The van der Waals surface area contributed by atoms with Crippen LogP contribution in [0.15, 0.2) is 48.5 Å². The van der Waals surface area contributed by atoms with Crippen LogP contribution in [0.25, 0.3) is 0 Å². The highest BCUT2D eigenvalue weighted by Crippen LogP contribution is 2.09. The van der Waals surface area contributed by atoms with Gasteiger partial charge in [-0.1, -0.05) is 23.7 Å². The van der Waals surface area contributed by atoms with Crippen molar-refractivity contribution in [2.24, 2.45) is 0 Å². The Labute approximate surface area is 145 Å². The van der Waals surface area contributed by atoms with E-state index in [0.717, 1.165) is 5.56 Å². The summed E-state index contributed by atoms with van der Waals surface area (Å²) in [5.74, 6) is -0.810. The highest BCUT2D eigenvalue weighted by Gasteiger charge is 2.09. The topological polar surface area (TPSA) is 67.4 Å². The first-order valence-electron chi connectivity index (χ1n) is 7.52. The normalized spacial score (nSPS) is 10.5. The fourth-order valence-electron chi connectivity index (χ4n) is 1.87. The minimum atomic E-state index is -0.415. The van der Waals surface area contributed by atoms with Crippen LogP contribution in [0.3, 0.4) is 0 Å². The number of carbonyl (C=O) groups is 2. The smallest absolute Gasteiger partial charge is 0.269 e. The molecule has 0 aliphatic heterocycles. The highest BCUT2D eigenvalue weighted by atomic mass is 35.5. The standard InChI is InChI=1S/C18H19ClN2O3/c1-12(2)24-11-13-3-5-14(6-4-13)17(22)20-21-18(23)15-7-9-16(19)10-8-15/h3-10,12H,11H2,1-2H3,(H,20,22)(H,21,23). The summed E-state index contributed by atoms with van der Waals surface area (Å²) >= 11 is 5.77. The van der Waals surface area contributed by atoms with Crippen molar-refractivity contribution in [1.29, 1.82) is 0 Å². The molecule has 5 nitrogen and oxygen atoms in total. The van der Waals surface area contributed by atoms with E-state index in [1.165, 1.54) is 0 Å². The fourth-order valence-corrected chi connectivity index (χ4v) is 2.00. The molecule has 0 radical (unpaired) electrons. The Balaban J connectivity index is 1.87. The maximum atomic E-state index is 12.0. The first-order chi connectivity index (χ1) is 11.5. The molecule has 0 unspecified atom stereocenters. The van der Waals surface area contributed by atoms with Crippen LogP contribution >= 0.6 is 11.6 Å². The molecule has 2 N–H and O–H groups in total. The van der Waals surface area contributed by atoms with Crippen molar-refractivity contribution in [3.63, 3.8) is 0 Å². The zero-order chi connectivity index (χ0) is 17.5. The van der Waals surface area contributed by atoms with E-state index in [-0.39, 0.29) is 6.10 Å². The fraction of sp³-hybridized carbons (Fsp3) is 0.222. The molecule has 126 valence electrons. The van der Waals surface area contributed by atoms with Crippen LogP contribution in [0.2, 0.25) is 5.02 Å². The lowest BCUT2D eigenvalue weighted by molar-refractivity contribution is 0.0656. The summed E-state index contributed by atoms with van der Waals surface area (Å²) in [6, 6.07) is 13.4. The lowest BCUT2D eigenvalue weighted by Crippen LogP contribution is -2.41. The Bertz CT molecular complexity index is 697. The Morgan fingerprint density at radius 1 is 0.917 bits per heavy atom. The van der Waals surface area contributed by atoms with Crippen molar-refractivity contribution in [3.05, 3.63) is 70.2 Å². The zero-order valence-corrected chi connectivity index (χ0v) is 14.3. The number of hydrazine groups is 1. The lowest BCUT2D eigenvalue weighted by Gasteiger charge is -2.09. The van der Waals surface area contributed by atoms with Crippen LogP contribution in [0.1, 0.15) is 40.1 Å². The van der Waals surface area contributed by atoms with Gasteiger partial charge in [-0.3, -0.25) is 20.4 Å². The molecule has 2 rings (SSSR count). The minimum absolute atomic E-state index is 0.149. The van der Waals surface area contributed by atoms with Gasteiger partial charge in [0.1, 0.15) is 0 Å². The summed E-state index contributed by atoms with van der Waals surface area (Å²) in [5.41, 5.74) is 6.57. The average molecular weight is 347 g/mol. The Morgan fingerprint density at radius 2 is 1.38 bits per heavy atom. The van der Waals surface area contributed by atoms with E-state index >= 15 is 0 Å². The number of halogens is 1. The molecule has 0 aromatic heterocycles. The van der Waals surface area contributed by atoms with Crippen molar-refractivity contribution < 1.29 is 14.3 Å². The van der Waals surface area contributed by atoms with Gasteiger partial charge in [-0.2, -0.15) is 0 Å². The monoisotopic (exact) mass is 346 g/mol. The molecule has 0 spiro atoms. The third-order valence-corrected chi connectivity index (χ3v) is 3.45. The van der Waals surface area contributed by atoms with Crippen LogP contribution in [0.5, 0.6) is 0 Å². The molecule has 24 heavy (non-hydrogen) atoms. The number of ether oxygens (including phenoxy) is 1. The molecule has 2 aromatic carbocycles. The minimum Gasteiger partial charge on any atom is -0.374 e. The van der Waals surface area contributed by atoms with Crippen LogP contribution in [0.4, 0.5) is 0 Å². The van der Waals surface area contributed by atoms with Gasteiger partial charge in [-0.05, 0) is 55.8 Å². The Morgan fingerprint density at radius 3 is 1.83 bits per heavy atom. The maximum Gasteiger partial charge on any atom is 0.269 e. The van der Waals surface area contributed by atoms with Crippen molar-refractivity contribution in [1.82, 2.24) is 10.9 Å². The van der Waals surface area contributed by atoms with Gasteiger partial charge in [-0.15, -0.1) is 0 Å². The lowest BCUT2D eigenvalue weighted by atomic mass is 10.1. The second-order valence-corrected chi connectivity index (χ2v) is 5.91. The predicted octanol–water partition coefficient (Wildman–Crippen LogP) is 3.34. The van der Waals surface area contributed by atoms with E-state index in [1.54, 1.807) is 36.4 Å². The second kappa shape index (κ2) is 8.47. The molecular formula is C18H19ClN2O3. The number of hydrogen-bond donors (Lipinski definition) is 2. The molecule has 0 atom stereocenters. The number of rotatable bonds is 5. The Hall–Kier alpha value is -2.37. The van der Waals surface area contributed by atoms with Crippen molar-refractivity contribution in [3.8, 4) is 0 Å². The summed E-state index contributed by atoms with van der Waals surface area (Å²) in [5, 5.41) is 0.539. The largest absolute Gasteiger partial charge is 0.374 e. The van der Waals surface area contributed by atoms with Gasteiger partial charge in [0.25, 0.3) is 11.8 Å². The van der Waals surface area contributed by atoms with Gasteiger partial charge in [0.05, 0.1) is 12.7 Å². The number of carbonyl (C=O) groups excluding carboxylic acids is 2. The number of amides is 2. The first kappa shape index (κ1) is 18.0. The van der Waals surface area contributed by atoms with Crippen LogP contribution in [0, 0.1) is 0 Å². The third-order valence-electron chi connectivity index (χ3n) is 3.20. The summed E-state index contributed by atoms with van der Waals surface area (Å²) in [7, 11) is 0. The van der Waals surface area contributed by atoms with Crippen LogP contribution < -0.4 is 10.9 Å². The summed E-state index contributed by atoms with van der Waals surface area (Å²) < 4.78 is 5.50. The average Bonchev–Trinajstić information content (AvgIpc) is 2.58. The number of nitrogens with one attached hydrogen (secondary N) is 2. The second-order valence-electron chi connectivity index (χ2n) is 5.47. The van der Waals surface area contributed by atoms with Gasteiger partial charge in [0.2, 0.25) is 0 Å². The molecule has 0 aliphatic rings. The van der Waals surface area contributed by atoms with Crippen molar-refractivity contribution in [2.45, 2.75) is 26.6 Å². The van der Waals surface area contributed by atoms with Gasteiger partial charge in [0, 0.05) is 16.1 Å². The molecule has 0 saturated heterocycles. The summed E-state index contributed by atoms with van der Waals surface area (Å²) in [6.07, 6.45) is 0.149. The van der Waals surface area contributed by atoms with Gasteiger partial charge >= 0.3 is 0 Å². The maximum absolute atomic E-state index is 12.0. The number of hydrogen-bond acceptors (Lipinski definition) is 3. The molecule has 0 aliphatic carbocycles. The van der Waals surface area contributed by atoms with E-state index in [4.69, 9.17) is 16.3 Å². The summed E-state index contributed by atoms with van der Waals surface area (Å²) in [4.78, 5) is 23.9. The quantitative estimate of drug-likeness (QED) is 0.816. The molecular weight excluding hydrogens is 328 g/mol. The van der Waals surface area contributed by atoms with Crippen LogP contribution in [-0.4, -0.2) is 17.9 Å². The SMILES string of the molecule is CC(C)OCc1ccc(C(=O)NNC(=O)c2ccc(Cl)cc2)cc1. The molecule has 0 fully saturated rings. The van der Waals surface area contributed by atoms with E-state index in [0.29, 0.717) is 22.8 Å². The van der Waals surface area contributed by atoms with E-state index in [2.05, 4.69) is 10.9 Å². The van der Waals surface area contributed by atoms with Gasteiger partial charge < -0.3 is 4.74 Å². The number of benzene rings is 2. The zero-order valence-electron chi connectivity index (χ0n) is 13.5. The van der Waals surface area contributed by atoms with E-state index in [9.17, 15) is 9.59 Å². The molecule has 2 amide bonds. The van der Waals surface area contributed by atoms with Crippen molar-refractivity contribution >= 4 is 23.4 Å². The summed E-state index contributed by atoms with van der Waals surface area (Å²) in [6.45, 7) is 4.42. The Kier molecular flexibility index (Phi) is 6.35. The molecule has 0 heterocycles. The molecule has 2 aromatic rings. The van der Waals surface area contributed by atoms with Crippen molar-refractivity contribution in [2.75, 3.05) is 0 Å². The highest BCUT2D eigenvalue weighted by molar-refractivity contribution is 6.30. The van der Waals surface area contributed by atoms with Gasteiger partial charge in [-0.25, -0.2) is 0 Å². The molecule has 6 heteroatoms.